The van der Waals surface area contributed by atoms with Crippen LogP contribution < -0.4 is 15.2 Å². The number of hydrogen-bond donors (Lipinski definition) is 2. The second kappa shape index (κ2) is 5.22. The van der Waals surface area contributed by atoms with E-state index in [1.807, 2.05) is 0 Å². The number of imidazole rings is 1. The minimum Gasteiger partial charge on any atom is -0.497 e. The number of halogens is 1. The summed E-state index contributed by atoms with van der Waals surface area (Å²) in [6.07, 6.45) is 1.32. The van der Waals surface area contributed by atoms with Gasteiger partial charge in [-0.15, -0.1) is 0 Å². The highest BCUT2D eigenvalue weighted by atomic mass is 35.5. The summed E-state index contributed by atoms with van der Waals surface area (Å²) < 4.78 is 33.3. The van der Waals surface area contributed by atoms with Crippen LogP contribution in [0, 0.1) is 0 Å². The molecule has 20 heavy (non-hydrogen) atoms. The SMILES string of the molecule is COc1ccc(Cl)c(NS(=O)(=O)c2c(N)ncn2C)c1. The predicted octanol–water partition coefficient (Wildman–Crippen LogP) is 1.47. The third kappa shape index (κ3) is 2.66. The molecule has 0 unspecified atom stereocenters. The Morgan fingerprint density at radius 3 is 2.70 bits per heavy atom. The van der Waals surface area contributed by atoms with Gasteiger partial charge in [-0.05, 0) is 12.1 Å². The predicted molar refractivity (Wildman–Crippen MR) is 76.4 cm³/mol. The third-order valence-electron chi connectivity index (χ3n) is 2.58. The van der Waals surface area contributed by atoms with Crippen molar-refractivity contribution in [2.24, 2.45) is 7.05 Å². The topological polar surface area (TPSA) is 99.2 Å². The summed E-state index contributed by atoms with van der Waals surface area (Å²) in [7, 11) is -0.888. The van der Waals surface area contributed by atoms with Crippen molar-refractivity contribution in [3.63, 3.8) is 0 Å². The van der Waals surface area contributed by atoms with Gasteiger partial charge in [0.1, 0.15) is 5.75 Å². The normalized spacial score (nSPS) is 11.3. The van der Waals surface area contributed by atoms with Crippen molar-refractivity contribution in [1.82, 2.24) is 9.55 Å². The molecule has 7 nitrogen and oxygen atoms in total. The Kier molecular flexibility index (Phi) is 3.78. The number of rotatable bonds is 4. The van der Waals surface area contributed by atoms with Gasteiger partial charge in [-0.2, -0.15) is 8.42 Å². The van der Waals surface area contributed by atoms with E-state index in [1.165, 1.54) is 37.2 Å². The number of aromatic nitrogens is 2. The number of hydrogen-bond acceptors (Lipinski definition) is 5. The van der Waals surface area contributed by atoms with Crippen LogP contribution in [0.5, 0.6) is 5.75 Å². The number of nitrogens with two attached hydrogens (primary N) is 1. The van der Waals surface area contributed by atoms with E-state index in [9.17, 15) is 8.42 Å². The molecule has 108 valence electrons. The van der Waals surface area contributed by atoms with Gasteiger partial charge < -0.3 is 15.0 Å². The van der Waals surface area contributed by atoms with E-state index in [1.54, 1.807) is 6.07 Å². The summed E-state index contributed by atoms with van der Waals surface area (Å²) in [5, 5.41) is 0.117. The van der Waals surface area contributed by atoms with Gasteiger partial charge in [0.25, 0.3) is 10.0 Å². The Hall–Kier alpha value is -1.93. The Labute approximate surface area is 121 Å². The van der Waals surface area contributed by atoms with Crippen LogP contribution in [0.2, 0.25) is 5.02 Å². The standard InChI is InChI=1S/C11H13ClN4O3S/c1-16-6-14-10(13)11(16)20(17,18)15-9-5-7(19-2)3-4-8(9)12/h3-6,15H,13H2,1-2H3. The molecule has 0 fully saturated rings. The zero-order chi connectivity index (χ0) is 14.9. The van der Waals surface area contributed by atoms with Gasteiger partial charge in [0, 0.05) is 13.1 Å². The summed E-state index contributed by atoms with van der Waals surface area (Å²) in [5.41, 5.74) is 5.77. The fraction of sp³-hybridized carbons (Fsp3) is 0.182. The molecule has 1 heterocycles. The van der Waals surface area contributed by atoms with Crippen molar-refractivity contribution in [3.05, 3.63) is 29.5 Å². The lowest BCUT2D eigenvalue weighted by Gasteiger charge is -2.11. The highest BCUT2D eigenvalue weighted by Crippen LogP contribution is 2.29. The highest BCUT2D eigenvalue weighted by molar-refractivity contribution is 7.92. The Morgan fingerprint density at radius 1 is 1.45 bits per heavy atom. The maximum absolute atomic E-state index is 12.3. The van der Waals surface area contributed by atoms with Gasteiger partial charge in [0.05, 0.1) is 24.1 Å². The van der Waals surface area contributed by atoms with Crippen molar-refractivity contribution >= 4 is 33.1 Å². The van der Waals surface area contributed by atoms with Crippen LogP contribution in [0.1, 0.15) is 0 Å². The summed E-state index contributed by atoms with van der Waals surface area (Å²) in [6, 6.07) is 4.63. The van der Waals surface area contributed by atoms with Crippen LogP contribution in [-0.4, -0.2) is 25.1 Å². The minimum atomic E-state index is -3.89. The molecule has 0 atom stereocenters. The quantitative estimate of drug-likeness (QED) is 0.889. The lowest BCUT2D eigenvalue weighted by molar-refractivity contribution is 0.415. The molecule has 1 aromatic heterocycles. The van der Waals surface area contributed by atoms with E-state index >= 15 is 0 Å². The van der Waals surface area contributed by atoms with Crippen LogP contribution in [0.25, 0.3) is 0 Å². The number of methoxy groups -OCH3 is 1. The summed E-state index contributed by atoms with van der Waals surface area (Å²) in [5.74, 6) is 0.393. The number of nitrogens with zero attached hydrogens (tertiary/aromatic N) is 2. The van der Waals surface area contributed by atoms with Crippen LogP contribution >= 0.6 is 11.6 Å². The van der Waals surface area contributed by atoms with Crippen molar-refractivity contribution in [2.45, 2.75) is 5.03 Å². The van der Waals surface area contributed by atoms with Gasteiger partial charge in [0.15, 0.2) is 10.8 Å². The molecule has 0 saturated carbocycles. The summed E-state index contributed by atoms with van der Waals surface area (Å²) in [6.45, 7) is 0. The summed E-state index contributed by atoms with van der Waals surface area (Å²) >= 11 is 5.96. The molecule has 0 aliphatic heterocycles. The molecule has 3 N–H and O–H groups in total. The number of ether oxygens (including phenoxy) is 1. The van der Waals surface area contributed by atoms with E-state index in [0.717, 1.165) is 0 Å². The monoisotopic (exact) mass is 316 g/mol. The maximum atomic E-state index is 12.3. The second-order valence-corrected chi connectivity index (χ2v) is 6.00. The Bertz CT molecular complexity index is 723. The van der Waals surface area contributed by atoms with Gasteiger partial charge in [-0.1, -0.05) is 11.6 Å². The lowest BCUT2D eigenvalue weighted by atomic mass is 10.3. The highest BCUT2D eigenvalue weighted by Gasteiger charge is 2.23. The largest absolute Gasteiger partial charge is 0.497 e. The molecule has 2 aromatic rings. The molecule has 0 spiro atoms. The first kappa shape index (κ1) is 14.5. The van der Waals surface area contributed by atoms with Gasteiger partial charge in [-0.3, -0.25) is 4.72 Å². The first-order valence-electron chi connectivity index (χ1n) is 5.48. The van der Waals surface area contributed by atoms with Crippen molar-refractivity contribution in [3.8, 4) is 5.75 Å². The summed E-state index contributed by atoms with van der Waals surface area (Å²) in [4.78, 5) is 3.74. The van der Waals surface area contributed by atoms with E-state index in [2.05, 4.69) is 9.71 Å². The van der Waals surface area contributed by atoms with E-state index in [-0.39, 0.29) is 21.6 Å². The van der Waals surface area contributed by atoms with E-state index < -0.39 is 10.0 Å². The second-order valence-electron chi connectivity index (χ2n) is 4.00. The molecule has 0 bridgehead atoms. The molecule has 0 radical (unpaired) electrons. The molecule has 0 amide bonds. The number of anilines is 2. The van der Waals surface area contributed by atoms with E-state index in [4.69, 9.17) is 22.1 Å². The zero-order valence-electron chi connectivity index (χ0n) is 10.8. The molecule has 0 aliphatic rings. The molecular weight excluding hydrogens is 304 g/mol. The minimum absolute atomic E-state index is 0.0842. The molecule has 2 rings (SSSR count). The fourth-order valence-corrected chi connectivity index (χ4v) is 3.20. The average molecular weight is 317 g/mol. The van der Waals surface area contributed by atoms with Gasteiger partial charge in [0.2, 0.25) is 0 Å². The number of nitrogens with one attached hydrogen (secondary N) is 1. The fourth-order valence-electron chi connectivity index (χ4n) is 1.67. The number of sulfonamides is 1. The Balaban J connectivity index is 2.43. The van der Waals surface area contributed by atoms with E-state index in [0.29, 0.717) is 5.75 Å². The smallest absolute Gasteiger partial charge is 0.281 e. The lowest BCUT2D eigenvalue weighted by Crippen LogP contribution is -2.17. The first-order chi connectivity index (χ1) is 9.35. The first-order valence-corrected chi connectivity index (χ1v) is 7.34. The number of benzene rings is 1. The molecule has 9 heteroatoms. The van der Waals surface area contributed by atoms with Crippen LogP contribution in [0.3, 0.4) is 0 Å². The average Bonchev–Trinajstić information content (AvgIpc) is 2.72. The maximum Gasteiger partial charge on any atom is 0.281 e. The van der Waals surface area contributed by atoms with Crippen molar-refractivity contribution in [1.29, 1.82) is 0 Å². The van der Waals surface area contributed by atoms with Crippen LogP contribution in [-0.2, 0) is 17.1 Å². The molecular formula is C11H13ClN4O3S. The van der Waals surface area contributed by atoms with Crippen molar-refractivity contribution < 1.29 is 13.2 Å². The Morgan fingerprint density at radius 2 is 2.15 bits per heavy atom. The van der Waals surface area contributed by atoms with Crippen molar-refractivity contribution in [2.75, 3.05) is 17.6 Å². The van der Waals surface area contributed by atoms with Crippen LogP contribution in [0.4, 0.5) is 11.5 Å². The molecule has 0 saturated heterocycles. The van der Waals surface area contributed by atoms with Crippen LogP contribution in [0.15, 0.2) is 29.6 Å². The molecule has 0 aliphatic carbocycles. The molecule has 1 aromatic carbocycles. The van der Waals surface area contributed by atoms with Gasteiger partial charge in [-0.25, -0.2) is 4.98 Å². The third-order valence-corrected chi connectivity index (χ3v) is 4.41. The zero-order valence-corrected chi connectivity index (χ0v) is 12.4. The van der Waals surface area contributed by atoms with Gasteiger partial charge >= 0.3 is 0 Å². The number of nitrogen functional groups attached to an aromatic ring is 1. The number of aryl methyl sites for hydroxylation is 1.